The first kappa shape index (κ1) is 12.7. The van der Waals surface area contributed by atoms with Crippen molar-refractivity contribution in [3.05, 3.63) is 76.8 Å². The monoisotopic (exact) mass is 295 g/mol. The van der Waals surface area contributed by atoms with Gasteiger partial charge in [-0.1, -0.05) is 54.1 Å². The highest BCUT2D eigenvalue weighted by Gasteiger charge is 2.22. The molecule has 0 saturated heterocycles. The number of halogens is 1. The predicted octanol–water partition coefficient (Wildman–Crippen LogP) is 4.67. The van der Waals surface area contributed by atoms with Crippen molar-refractivity contribution >= 4 is 22.4 Å². The summed E-state index contributed by atoms with van der Waals surface area (Å²) < 4.78 is 6.11. The van der Waals surface area contributed by atoms with Crippen molar-refractivity contribution in [3.8, 4) is 5.75 Å². The number of benzene rings is 3. The first-order valence-electron chi connectivity index (χ1n) is 6.97. The van der Waals surface area contributed by atoms with Crippen LogP contribution in [0.3, 0.4) is 0 Å². The van der Waals surface area contributed by atoms with Gasteiger partial charge in [0, 0.05) is 22.7 Å². The Labute approximate surface area is 128 Å². The van der Waals surface area contributed by atoms with Gasteiger partial charge < -0.3 is 4.74 Å². The van der Waals surface area contributed by atoms with E-state index in [2.05, 4.69) is 41.7 Å². The molecule has 1 aliphatic heterocycles. The molecule has 0 spiro atoms. The van der Waals surface area contributed by atoms with Crippen LogP contribution in [0, 0.1) is 0 Å². The molecular formula is C18H14ClNO. The molecule has 4 rings (SSSR count). The van der Waals surface area contributed by atoms with Crippen LogP contribution < -0.4 is 10.1 Å². The van der Waals surface area contributed by atoms with Crippen molar-refractivity contribution in [2.24, 2.45) is 0 Å². The molecule has 1 aliphatic rings. The first-order valence-corrected chi connectivity index (χ1v) is 7.35. The highest BCUT2D eigenvalue weighted by atomic mass is 35.5. The standard InChI is InChI=1S/C18H14ClNO/c19-14-6-3-5-13(10-14)18-20-11-16-15-7-2-1-4-12(15)8-9-17(16)21-18/h1-10,18,20H,11H2. The second kappa shape index (κ2) is 5.06. The fraction of sp³-hybridized carbons (Fsp3) is 0.111. The van der Waals surface area contributed by atoms with E-state index in [1.807, 2.05) is 24.3 Å². The summed E-state index contributed by atoms with van der Waals surface area (Å²) in [7, 11) is 0. The zero-order chi connectivity index (χ0) is 14.2. The molecule has 0 radical (unpaired) electrons. The van der Waals surface area contributed by atoms with Gasteiger partial charge in [-0.05, 0) is 29.0 Å². The molecule has 1 unspecified atom stereocenters. The van der Waals surface area contributed by atoms with Gasteiger partial charge in [-0.25, -0.2) is 0 Å². The molecule has 1 N–H and O–H groups in total. The van der Waals surface area contributed by atoms with Gasteiger partial charge in [0.05, 0.1) is 0 Å². The molecule has 0 aliphatic carbocycles. The average molecular weight is 296 g/mol. The van der Waals surface area contributed by atoms with E-state index in [9.17, 15) is 0 Å². The van der Waals surface area contributed by atoms with Crippen molar-refractivity contribution in [3.63, 3.8) is 0 Å². The van der Waals surface area contributed by atoms with Crippen LogP contribution in [0.2, 0.25) is 5.02 Å². The summed E-state index contributed by atoms with van der Waals surface area (Å²) in [5.74, 6) is 0.942. The second-order valence-corrected chi connectivity index (χ2v) is 5.63. The molecule has 0 saturated carbocycles. The molecule has 2 nitrogen and oxygen atoms in total. The Balaban J connectivity index is 1.74. The third-order valence-electron chi connectivity index (χ3n) is 3.86. The van der Waals surface area contributed by atoms with Gasteiger partial charge in [0.25, 0.3) is 0 Å². The lowest BCUT2D eigenvalue weighted by Crippen LogP contribution is -2.30. The number of hydrogen-bond acceptors (Lipinski definition) is 2. The number of hydrogen-bond donors (Lipinski definition) is 1. The maximum atomic E-state index is 6.11. The van der Waals surface area contributed by atoms with Crippen LogP contribution in [-0.4, -0.2) is 0 Å². The van der Waals surface area contributed by atoms with E-state index in [1.165, 1.54) is 16.3 Å². The van der Waals surface area contributed by atoms with Crippen molar-refractivity contribution < 1.29 is 4.74 Å². The molecule has 3 aromatic rings. The normalized spacial score (nSPS) is 17.3. The van der Waals surface area contributed by atoms with E-state index in [-0.39, 0.29) is 6.23 Å². The van der Waals surface area contributed by atoms with E-state index in [0.29, 0.717) is 0 Å². The summed E-state index contributed by atoms with van der Waals surface area (Å²) >= 11 is 6.06. The zero-order valence-corrected chi connectivity index (χ0v) is 12.1. The van der Waals surface area contributed by atoms with Crippen LogP contribution in [0.25, 0.3) is 10.8 Å². The Hall–Kier alpha value is -2.03. The molecule has 104 valence electrons. The Morgan fingerprint density at radius 1 is 1.00 bits per heavy atom. The second-order valence-electron chi connectivity index (χ2n) is 5.20. The van der Waals surface area contributed by atoms with Crippen molar-refractivity contribution in [1.82, 2.24) is 5.32 Å². The summed E-state index contributed by atoms with van der Waals surface area (Å²) in [6.07, 6.45) is -0.155. The summed E-state index contributed by atoms with van der Waals surface area (Å²) in [5, 5.41) is 6.64. The van der Waals surface area contributed by atoms with Crippen LogP contribution in [0.1, 0.15) is 17.4 Å². The van der Waals surface area contributed by atoms with E-state index in [0.717, 1.165) is 22.9 Å². The van der Waals surface area contributed by atoms with Gasteiger partial charge in [0.15, 0.2) is 6.23 Å². The van der Waals surface area contributed by atoms with E-state index in [4.69, 9.17) is 16.3 Å². The van der Waals surface area contributed by atoms with Crippen molar-refractivity contribution in [2.75, 3.05) is 0 Å². The SMILES string of the molecule is Clc1cccc(C2NCc3c(ccc4ccccc34)O2)c1. The minimum absolute atomic E-state index is 0.155. The van der Waals surface area contributed by atoms with Crippen LogP contribution in [0.15, 0.2) is 60.7 Å². The molecular weight excluding hydrogens is 282 g/mol. The van der Waals surface area contributed by atoms with Crippen LogP contribution in [-0.2, 0) is 6.54 Å². The average Bonchev–Trinajstić information content (AvgIpc) is 2.54. The van der Waals surface area contributed by atoms with E-state index < -0.39 is 0 Å². The molecule has 0 bridgehead atoms. The quantitative estimate of drug-likeness (QED) is 0.704. The molecule has 0 aromatic heterocycles. The lowest BCUT2D eigenvalue weighted by Gasteiger charge is -2.28. The third-order valence-corrected chi connectivity index (χ3v) is 4.09. The Bertz CT molecular complexity index is 815. The Kier molecular flexibility index (Phi) is 3.06. The van der Waals surface area contributed by atoms with E-state index in [1.54, 1.807) is 0 Å². The number of nitrogens with one attached hydrogen (secondary N) is 1. The topological polar surface area (TPSA) is 21.3 Å². The van der Waals surface area contributed by atoms with Gasteiger partial charge in [0.1, 0.15) is 5.75 Å². The van der Waals surface area contributed by atoms with Crippen LogP contribution in [0.4, 0.5) is 0 Å². The Morgan fingerprint density at radius 2 is 1.90 bits per heavy atom. The summed E-state index contributed by atoms with van der Waals surface area (Å²) in [4.78, 5) is 0. The minimum Gasteiger partial charge on any atom is -0.471 e. The fourth-order valence-corrected chi connectivity index (χ4v) is 3.03. The zero-order valence-electron chi connectivity index (χ0n) is 11.3. The predicted molar refractivity (Wildman–Crippen MR) is 85.6 cm³/mol. The van der Waals surface area contributed by atoms with Gasteiger partial charge in [0.2, 0.25) is 0 Å². The molecule has 1 heterocycles. The Morgan fingerprint density at radius 3 is 2.81 bits per heavy atom. The molecule has 1 atom stereocenters. The summed E-state index contributed by atoms with van der Waals surface area (Å²) in [6, 6.07) is 20.3. The maximum Gasteiger partial charge on any atom is 0.176 e. The van der Waals surface area contributed by atoms with Gasteiger partial charge in [-0.15, -0.1) is 0 Å². The summed E-state index contributed by atoms with van der Waals surface area (Å²) in [6.45, 7) is 0.786. The lowest BCUT2D eigenvalue weighted by atomic mass is 10.0. The van der Waals surface area contributed by atoms with Crippen LogP contribution in [0.5, 0.6) is 5.75 Å². The van der Waals surface area contributed by atoms with Crippen molar-refractivity contribution in [1.29, 1.82) is 0 Å². The number of fused-ring (bicyclic) bond motifs is 3. The van der Waals surface area contributed by atoms with Crippen molar-refractivity contribution in [2.45, 2.75) is 12.8 Å². The molecule has 0 fully saturated rings. The van der Waals surface area contributed by atoms with Gasteiger partial charge in [-0.3, -0.25) is 5.32 Å². The largest absolute Gasteiger partial charge is 0.471 e. The minimum atomic E-state index is -0.155. The maximum absolute atomic E-state index is 6.11. The first-order chi connectivity index (χ1) is 10.3. The van der Waals surface area contributed by atoms with Crippen LogP contribution >= 0.6 is 11.6 Å². The highest BCUT2D eigenvalue weighted by molar-refractivity contribution is 6.30. The third kappa shape index (κ3) is 2.27. The highest BCUT2D eigenvalue weighted by Crippen LogP contribution is 2.34. The lowest BCUT2D eigenvalue weighted by molar-refractivity contribution is 0.145. The molecule has 3 heteroatoms. The van der Waals surface area contributed by atoms with Gasteiger partial charge >= 0.3 is 0 Å². The fourth-order valence-electron chi connectivity index (χ4n) is 2.83. The smallest absolute Gasteiger partial charge is 0.176 e. The van der Waals surface area contributed by atoms with E-state index >= 15 is 0 Å². The number of rotatable bonds is 1. The summed E-state index contributed by atoms with van der Waals surface area (Å²) in [5.41, 5.74) is 2.26. The molecule has 0 amide bonds. The van der Waals surface area contributed by atoms with Gasteiger partial charge in [-0.2, -0.15) is 0 Å². The number of ether oxygens (including phenoxy) is 1. The molecule has 3 aromatic carbocycles. The molecule has 21 heavy (non-hydrogen) atoms.